The van der Waals surface area contributed by atoms with Gasteiger partial charge in [0.1, 0.15) is 6.54 Å². The Hall–Kier alpha value is -2.43. The zero-order valence-electron chi connectivity index (χ0n) is 13.1. The lowest BCUT2D eigenvalue weighted by Gasteiger charge is -2.37. The van der Waals surface area contributed by atoms with Crippen molar-refractivity contribution in [2.45, 2.75) is 6.42 Å². The minimum Gasteiger partial charge on any atom is -0.325 e. The molecular formula is C19H18N2O3. The van der Waals surface area contributed by atoms with Crippen molar-refractivity contribution in [3.05, 3.63) is 42.5 Å². The van der Waals surface area contributed by atoms with Gasteiger partial charge in [-0.3, -0.25) is 19.3 Å². The van der Waals surface area contributed by atoms with Gasteiger partial charge in [-0.1, -0.05) is 30.4 Å². The number of para-hydroxylation sites is 1. The highest BCUT2D eigenvalue weighted by Crippen LogP contribution is 2.65. The van der Waals surface area contributed by atoms with Crippen LogP contribution in [0.4, 0.5) is 5.69 Å². The van der Waals surface area contributed by atoms with E-state index in [0.717, 1.165) is 6.42 Å². The number of benzene rings is 1. The average molecular weight is 322 g/mol. The number of amides is 3. The van der Waals surface area contributed by atoms with E-state index in [0.29, 0.717) is 17.5 Å². The molecule has 0 aromatic heterocycles. The Labute approximate surface area is 139 Å². The summed E-state index contributed by atoms with van der Waals surface area (Å²) in [6.07, 6.45) is 5.42. The molecule has 1 aromatic rings. The van der Waals surface area contributed by atoms with Crippen LogP contribution in [-0.4, -0.2) is 29.2 Å². The summed E-state index contributed by atoms with van der Waals surface area (Å²) in [6, 6.07) is 9.08. The highest BCUT2D eigenvalue weighted by atomic mass is 16.2. The van der Waals surface area contributed by atoms with Gasteiger partial charge in [0.15, 0.2) is 0 Å². The monoisotopic (exact) mass is 322 g/mol. The SMILES string of the molecule is O=C(CN1C(=O)[C@H]2[C@@H]3C=C[C@H]([C@H]4C[C@H]34)[C@@H]2C1=O)Nc1ccccc1. The number of allylic oxidation sites excluding steroid dienone is 2. The second kappa shape index (κ2) is 4.79. The predicted octanol–water partition coefficient (Wildman–Crippen LogP) is 1.68. The van der Waals surface area contributed by atoms with Crippen LogP contribution in [-0.2, 0) is 14.4 Å². The van der Waals surface area contributed by atoms with Crippen molar-refractivity contribution >= 4 is 23.4 Å². The Bertz CT molecular complexity index is 736. The maximum atomic E-state index is 12.8. The molecule has 5 heteroatoms. The van der Waals surface area contributed by atoms with Crippen LogP contribution < -0.4 is 5.32 Å². The highest BCUT2D eigenvalue weighted by Gasteiger charge is 2.67. The summed E-state index contributed by atoms with van der Waals surface area (Å²) in [6.45, 7) is -0.186. The number of hydrogen-bond acceptors (Lipinski definition) is 3. The number of nitrogens with zero attached hydrogens (tertiary/aromatic N) is 1. The van der Waals surface area contributed by atoms with Gasteiger partial charge in [-0.2, -0.15) is 0 Å². The topological polar surface area (TPSA) is 66.5 Å². The van der Waals surface area contributed by atoms with E-state index in [4.69, 9.17) is 0 Å². The first kappa shape index (κ1) is 14.0. The summed E-state index contributed by atoms with van der Waals surface area (Å²) < 4.78 is 0. The fourth-order valence-corrected chi connectivity index (χ4v) is 5.04. The first-order valence-electron chi connectivity index (χ1n) is 8.53. The van der Waals surface area contributed by atoms with Crippen LogP contribution in [0.25, 0.3) is 0 Å². The van der Waals surface area contributed by atoms with Gasteiger partial charge in [0.05, 0.1) is 11.8 Å². The molecule has 3 fully saturated rings. The third-order valence-electron chi connectivity index (χ3n) is 6.11. The van der Waals surface area contributed by atoms with Crippen molar-refractivity contribution in [3.8, 4) is 0 Å². The number of rotatable bonds is 3. The molecule has 5 nitrogen and oxygen atoms in total. The van der Waals surface area contributed by atoms with Crippen molar-refractivity contribution < 1.29 is 14.4 Å². The van der Waals surface area contributed by atoms with Crippen LogP contribution in [0.5, 0.6) is 0 Å². The summed E-state index contributed by atoms with van der Waals surface area (Å²) in [7, 11) is 0. The minimum atomic E-state index is -0.327. The number of likely N-dealkylation sites (tertiary alicyclic amines) is 1. The highest BCUT2D eigenvalue weighted by molar-refractivity contribution is 6.09. The molecule has 1 heterocycles. The Morgan fingerprint density at radius 1 is 1.00 bits per heavy atom. The molecule has 1 saturated heterocycles. The van der Waals surface area contributed by atoms with Crippen LogP contribution in [0.15, 0.2) is 42.5 Å². The van der Waals surface area contributed by atoms with E-state index in [1.54, 1.807) is 12.1 Å². The number of anilines is 1. The van der Waals surface area contributed by atoms with Crippen LogP contribution in [0.2, 0.25) is 0 Å². The van der Waals surface area contributed by atoms with Crippen LogP contribution in [0, 0.1) is 35.5 Å². The average Bonchev–Trinajstić information content (AvgIpc) is 3.37. The van der Waals surface area contributed by atoms with Gasteiger partial charge in [0.25, 0.3) is 0 Å². The van der Waals surface area contributed by atoms with Crippen molar-refractivity contribution in [2.75, 3.05) is 11.9 Å². The molecule has 0 unspecified atom stereocenters. The molecule has 0 spiro atoms. The molecule has 1 aliphatic heterocycles. The van der Waals surface area contributed by atoms with E-state index in [1.807, 2.05) is 18.2 Å². The maximum Gasteiger partial charge on any atom is 0.244 e. The number of imide groups is 1. The molecule has 24 heavy (non-hydrogen) atoms. The third kappa shape index (κ3) is 1.84. The predicted molar refractivity (Wildman–Crippen MR) is 86.5 cm³/mol. The van der Waals surface area contributed by atoms with Gasteiger partial charge in [-0.25, -0.2) is 0 Å². The smallest absolute Gasteiger partial charge is 0.244 e. The molecule has 6 atom stereocenters. The molecule has 1 aromatic carbocycles. The Morgan fingerprint density at radius 3 is 2.17 bits per heavy atom. The molecule has 6 rings (SSSR count). The molecule has 5 aliphatic rings. The lowest BCUT2D eigenvalue weighted by molar-refractivity contribution is -0.142. The largest absolute Gasteiger partial charge is 0.325 e. The second-order valence-corrected chi connectivity index (χ2v) is 7.33. The van der Waals surface area contributed by atoms with Crippen LogP contribution in [0.3, 0.4) is 0 Å². The zero-order valence-corrected chi connectivity index (χ0v) is 13.1. The summed E-state index contributed by atoms with van der Waals surface area (Å²) in [5, 5.41) is 2.75. The van der Waals surface area contributed by atoms with Gasteiger partial charge >= 0.3 is 0 Å². The molecule has 3 amide bonds. The molecule has 122 valence electrons. The van der Waals surface area contributed by atoms with Gasteiger partial charge in [0, 0.05) is 5.69 Å². The van der Waals surface area contributed by atoms with Crippen molar-refractivity contribution in [3.63, 3.8) is 0 Å². The van der Waals surface area contributed by atoms with Crippen molar-refractivity contribution in [2.24, 2.45) is 35.5 Å². The van der Waals surface area contributed by atoms with Gasteiger partial charge in [-0.05, 0) is 42.2 Å². The fourth-order valence-electron chi connectivity index (χ4n) is 5.04. The van der Waals surface area contributed by atoms with E-state index in [-0.39, 0.29) is 47.9 Å². The Kier molecular flexibility index (Phi) is 2.78. The van der Waals surface area contributed by atoms with E-state index in [1.165, 1.54) is 4.90 Å². The number of carbonyl (C=O) groups is 3. The lowest BCUT2D eigenvalue weighted by Crippen LogP contribution is -2.40. The lowest BCUT2D eigenvalue weighted by atomic mass is 9.63. The summed E-state index contributed by atoms with van der Waals surface area (Å²) >= 11 is 0. The number of hydrogen-bond donors (Lipinski definition) is 1. The molecule has 1 N–H and O–H groups in total. The van der Waals surface area contributed by atoms with Crippen molar-refractivity contribution in [1.82, 2.24) is 4.90 Å². The molecule has 2 saturated carbocycles. The van der Waals surface area contributed by atoms with E-state index < -0.39 is 0 Å². The van der Waals surface area contributed by atoms with E-state index in [2.05, 4.69) is 17.5 Å². The number of nitrogens with one attached hydrogen (secondary N) is 1. The van der Waals surface area contributed by atoms with Gasteiger partial charge in [0.2, 0.25) is 17.7 Å². The zero-order chi connectivity index (χ0) is 16.4. The molecule has 4 aliphatic carbocycles. The quantitative estimate of drug-likeness (QED) is 0.680. The molecule has 2 bridgehead atoms. The van der Waals surface area contributed by atoms with Gasteiger partial charge < -0.3 is 5.32 Å². The molecule has 0 radical (unpaired) electrons. The number of carbonyl (C=O) groups excluding carboxylic acids is 3. The van der Waals surface area contributed by atoms with Crippen molar-refractivity contribution in [1.29, 1.82) is 0 Å². The van der Waals surface area contributed by atoms with E-state index in [9.17, 15) is 14.4 Å². The van der Waals surface area contributed by atoms with Gasteiger partial charge in [-0.15, -0.1) is 0 Å². The van der Waals surface area contributed by atoms with Crippen LogP contribution in [0.1, 0.15) is 6.42 Å². The third-order valence-corrected chi connectivity index (χ3v) is 6.11. The summed E-state index contributed by atoms with van der Waals surface area (Å²) in [5.74, 6) is 0.448. The Morgan fingerprint density at radius 2 is 1.58 bits per heavy atom. The second-order valence-electron chi connectivity index (χ2n) is 7.33. The standard InChI is InChI=1S/C19H18N2O3/c22-15(20-10-4-2-1-3-5-10)9-21-18(23)16-11-6-7-12(14-8-13(11)14)17(16)19(21)24/h1-7,11-14,16-17H,8-9H2,(H,20,22)/t11-,12-,13-,14-,16+,17+/m1/s1. The summed E-state index contributed by atoms with van der Waals surface area (Å²) in [4.78, 5) is 39.0. The normalized spacial score (nSPS) is 38.1. The molecular weight excluding hydrogens is 304 g/mol. The summed E-state index contributed by atoms with van der Waals surface area (Å²) in [5.41, 5.74) is 0.669. The first-order valence-corrected chi connectivity index (χ1v) is 8.53. The van der Waals surface area contributed by atoms with Crippen LogP contribution >= 0.6 is 0 Å². The minimum absolute atomic E-state index is 0.155. The van der Waals surface area contributed by atoms with E-state index >= 15 is 0 Å². The first-order chi connectivity index (χ1) is 11.6. The Balaban J connectivity index is 1.34. The maximum absolute atomic E-state index is 12.8. The fraction of sp³-hybridized carbons (Fsp3) is 0.421.